The number of carbonyl (C=O) groups excluding carboxylic acids is 1. The highest BCUT2D eigenvalue weighted by molar-refractivity contribution is 7.86. The van der Waals surface area contributed by atoms with Crippen LogP contribution in [0.2, 0.25) is 0 Å². The van der Waals surface area contributed by atoms with E-state index in [-0.39, 0.29) is 51.9 Å². The molecule has 0 spiro atoms. The van der Waals surface area contributed by atoms with Crippen molar-refractivity contribution < 1.29 is 45.3 Å². The quantitative estimate of drug-likeness (QED) is 0.223. The highest BCUT2D eigenvalue weighted by Crippen LogP contribution is 2.32. The zero-order chi connectivity index (χ0) is 30.7. The van der Waals surface area contributed by atoms with Crippen LogP contribution in [0.15, 0.2) is 81.7 Å². The smallest absolute Gasteiger partial charge is 0.294 e. The maximum absolute atomic E-state index is 13.1. The Bertz CT molecular complexity index is 1780. The molecule has 222 valence electrons. The minimum absolute atomic E-state index is 0.0894. The Balaban J connectivity index is 1.57. The highest BCUT2D eigenvalue weighted by atomic mass is 32.2. The van der Waals surface area contributed by atoms with Gasteiger partial charge in [-0.15, -0.1) is 10.2 Å². The van der Waals surface area contributed by atoms with Crippen LogP contribution in [0.5, 0.6) is 11.8 Å². The van der Waals surface area contributed by atoms with Crippen molar-refractivity contribution in [3.05, 3.63) is 72.3 Å². The zero-order valence-corrected chi connectivity index (χ0v) is 23.9. The van der Waals surface area contributed by atoms with Gasteiger partial charge in [0.2, 0.25) is 17.7 Å². The number of rotatable bonds is 10. The molecule has 14 nitrogen and oxygen atoms in total. The average Bonchev–Trinajstić information content (AvgIpc) is 3.41. The molecule has 1 aromatic heterocycles. The van der Waals surface area contributed by atoms with E-state index in [2.05, 4.69) is 10.2 Å². The monoisotopic (exact) mass is 618 g/mol. The predicted molar refractivity (Wildman–Crippen MR) is 151 cm³/mol. The lowest BCUT2D eigenvalue weighted by atomic mass is 10.1. The van der Waals surface area contributed by atoms with Gasteiger partial charge in [0, 0.05) is 0 Å². The molecule has 2 heterocycles. The van der Waals surface area contributed by atoms with Crippen LogP contribution in [0.3, 0.4) is 0 Å². The van der Waals surface area contributed by atoms with Gasteiger partial charge in [-0.05, 0) is 68.5 Å². The summed E-state index contributed by atoms with van der Waals surface area (Å²) in [7, 11) is -8.80. The molecular weight excluding hydrogens is 592 g/mol. The van der Waals surface area contributed by atoms with Crippen LogP contribution < -0.4 is 9.75 Å². The van der Waals surface area contributed by atoms with Crippen molar-refractivity contribution in [3.63, 3.8) is 0 Å². The second-order valence-electron chi connectivity index (χ2n) is 8.57. The zero-order valence-electron chi connectivity index (χ0n) is 22.2. The lowest BCUT2D eigenvalue weighted by Crippen LogP contribution is -2.26. The summed E-state index contributed by atoms with van der Waals surface area (Å²) in [5.41, 5.74) is 0.770. The molecular formula is C26H26N4O10S2. The fourth-order valence-corrected chi connectivity index (χ4v) is 4.84. The van der Waals surface area contributed by atoms with Crippen LogP contribution in [0.4, 0.5) is 5.69 Å². The van der Waals surface area contributed by atoms with Gasteiger partial charge in [0.25, 0.3) is 26.1 Å². The SMILES string of the molecule is CCOC1=NN(c2ccc(S(=O)(=O)O)cc2)C(=O)C1C=CC=Cc1c(OCC)nn(-c2ccc(S(=O)(=O)O)cc2)c1O. The van der Waals surface area contributed by atoms with Crippen molar-refractivity contribution in [3.8, 4) is 17.4 Å². The van der Waals surface area contributed by atoms with E-state index in [0.29, 0.717) is 5.69 Å². The van der Waals surface area contributed by atoms with Crippen molar-refractivity contribution in [2.24, 2.45) is 11.0 Å². The topological polar surface area (TPSA) is 198 Å². The van der Waals surface area contributed by atoms with Gasteiger partial charge in [0.15, 0.2) is 0 Å². The first kappa shape index (κ1) is 30.4. The largest absolute Gasteiger partial charge is 0.493 e. The Morgan fingerprint density at radius 3 is 1.93 bits per heavy atom. The number of carbonyl (C=O) groups is 1. The van der Waals surface area contributed by atoms with Crippen molar-refractivity contribution in [1.29, 1.82) is 0 Å². The lowest BCUT2D eigenvalue weighted by molar-refractivity contribution is -0.118. The molecule has 2 aromatic carbocycles. The molecule has 0 saturated heterocycles. The van der Waals surface area contributed by atoms with E-state index < -0.39 is 32.1 Å². The molecule has 0 fully saturated rings. The number of hydrogen-bond donors (Lipinski definition) is 3. The summed E-state index contributed by atoms with van der Waals surface area (Å²) in [6.45, 7) is 3.92. The van der Waals surface area contributed by atoms with Gasteiger partial charge >= 0.3 is 0 Å². The van der Waals surface area contributed by atoms with Crippen LogP contribution in [-0.4, -0.2) is 65.8 Å². The van der Waals surface area contributed by atoms with E-state index >= 15 is 0 Å². The number of aromatic nitrogens is 2. The molecule has 16 heteroatoms. The number of ether oxygens (including phenoxy) is 2. The molecule has 4 rings (SSSR count). The number of hydrogen-bond acceptors (Lipinski definition) is 10. The molecule has 42 heavy (non-hydrogen) atoms. The summed E-state index contributed by atoms with van der Waals surface area (Å²) in [5.74, 6) is -1.48. The van der Waals surface area contributed by atoms with Gasteiger partial charge in [0.1, 0.15) is 11.5 Å². The molecule has 1 unspecified atom stereocenters. The molecule has 3 N–H and O–H groups in total. The molecule has 0 bridgehead atoms. The third kappa shape index (κ3) is 6.52. The summed E-state index contributed by atoms with van der Waals surface area (Å²) in [6.07, 6.45) is 6.09. The second kappa shape index (κ2) is 12.2. The number of hydrazone groups is 1. The molecule has 1 aliphatic heterocycles. The van der Waals surface area contributed by atoms with Crippen molar-refractivity contribution in [2.75, 3.05) is 18.2 Å². The van der Waals surface area contributed by atoms with Crippen molar-refractivity contribution in [1.82, 2.24) is 9.78 Å². The van der Waals surface area contributed by atoms with Crippen molar-refractivity contribution >= 4 is 43.8 Å². The van der Waals surface area contributed by atoms with Crippen molar-refractivity contribution in [2.45, 2.75) is 23.6 Å². The fraction of sp³-hybridized carbons (Fsp3) is 0.192. The minimum Gasteiger partial charge on any atom is -0.493 e. The number of anilines is 1. The normalized spacial score (nSPS) is 16.0. The number of nitrogens with zero attached hydrogens (tertiary/aromatic N) is 4. The Kier molecular flexibility index (Phi) is 8.81. The van der Waals surface area contributed by atoms with Crippen LogP contribution in [0.1, 0.15) is 19.4 Å². The first-order chi connectivity index (χ1) is 19.8. The highest BCUT2D eigenvalue weighted by Gasteiger charge is 2.36. The van der Waals surface area contributed by atoms with Gasteiger partial charge in [-0.25, -0.2) is 0 Å². The van der Waals surface area contributed by atoms with E-state index in [9.17, 15) is 35.8 Å². The minimum atomic E-state index is -4.40. The van der Waals surface area contributed by atoms with Gasteiger partial charge in [-0.3, -0.25) is 13.9 Å². The predicted octanol–water partition coefficient (Wildman–Crippen LogP) is 3.05. The third-order valence-corrected chi connectivity index (χ3v) is 7.55. The summed E-state index contributed by atoms with van der Waals surface area (Å²) in [5, 5.41) is 20.4. The number of aromatic hydroxyl groups is 1. The van der Waals surface area contributed by atoms with Gasteiger partial charge < -0.3 is 14.6 Å². The molecule has 1 atom stereocenters. The van der Waals surface area contributed by atoms with Crippen LogP contribution in [-0.2, 0) is 29.8 Å². The second-order valence-corrected chi connectivity index (χ2v) is 11.4. The average molecular weight is 619 g/mol. The lowest BCUT2D eigenvalue weighted by Gasteiger charge is -2.12. The Hall–Kier alpha value is -4.51. The van der Waals surface area contributed by atoms with Crippen LogP contribution >= 0.6 is 0 Å². The molecule has 0 radical (unpaired) electrons. The maximum atomic E-state index is 13.1. The molecule has 1 aliphatic rings. The number of allylic oxidation sites excluding steroid dienone is 2. The Morgan fingerprint density at radius 2 is 1.40 bits per heavy atom. The van der Waals surface area contributed by atoms with E-state index in [0.717, 1.165) is 34.0 Å². The summed E-state index contributed by atoms with van der Waals surface area (Å²) in [6, 6.07) is 9.95. The summed E-state index contributed by atoms with van der Waals surface area (Å²) >= 11 is 0. The number of benzene rings is 2. The van der Waals surface area contributed by atoms with Gasteiger partial charge in [0.05, 0.1) is 34.4 Å². The van der Waals surface area contributed by atoms with E-state index in [4.69, 9.17) is 9.47 Å². The summed E-state index contributed by atoms with van der Waals surface area (Å²) in [4.78, 5) is 12.5. The standard InChI is InChI=1S/C26H26N4O10S2/c1-3-39-23-21(25(31)29(27-23)17-9-13-19(14-10-17)41(33,34)35)7-5-6-8-22-24(40-4-2)28-30(26(22)32)18-11-15-20(16-12-18)42(36,37)38/h5-16,21,32H,3-4H2,1-2H3,(H,33,34,35)(H,36,37,38). The third-order valence-electron chi connectivity index (χ3n) is 5.81. The first-order valence-corrected chi connectivity index (χ1v) is 15.2. The number of amides is 1. The maximum Gasteiger partial charge on any atom is 0.294 e. The van der Waals surface area contributed by atoms with Crippen LogP contribution in [0, 0.1) is 5.92 Å². The first-order valence-electron chi connectivity index (χ1n) is 12.4. The van der Waals surface area contributed by atoms with Gasteiger partial charge in [-0.1, -0.05) is 18.2 Å². The van der Waals surface area contributed by atoms with Gasteiger partial charge in [-0.2, -0.15) is 26.5 Å². The Morgan fingerprint density at radius 1 is 0.857 bits per heavy atom. The van der Waals surface area contributed by atoms with E-state index in [1.54, 1.807) is 13.8 Å². The fourth-order valence-electron chi connectivity index (χ4n) is 3.88. The van der Waals surface area contributed by atoms with Crippen LogP contribution in [0.25, 0.3) is 11.8 Å². The molecule has 1 amide bonds. The van der Waals surface area contributed by atoms with E-state index in [1.807, 2.05) is 0 Å². The molecule has 3 aromatic rings. The molecule has 0 saturated carbocycles. The molecule has 0 aliphatic carbocycles. The Labute approximate surface area is 241 Å². The van der Waals surface area contributed by atoms with E-state index in [1.165, 1.54) is 48.6 Å². The summed E-state index contributed by atoms with van der Waals surface area (Å²) < 4.78 is 75.9.